The number of fused-ring (bicyclic) bond motifs is 2. The van der Waals surface area contributed by atoms with Gasteiger partial charge in [0, 0.05) is 54.5 Å². The zero-order chi connectivity index (χ0) is 21.7. The molecule has 166 valence electrons. The second-order valence-electron chi connectivity index (χ2n) is 8.91. The fourth-order valence-electron chi connectivity index (χ4n) is 5.40. The molecule has 3 heterocycles. The van der Waals surface area contributed by atoms with Gasteiger partial charge < -0.3 is 15.0 Å². The van der Waals surface area contributed by atoms with Crippen LogP contribution in [0.15, 0.2) is 12.4 Å². The van der Waals surface area contributed by atoms with Crippen LogP contribution in [0.2, 0.25) is 0 Å². The third-order valence-electron chi connectivity index (χ3n) is 6.98. The Labute approximate surface area is 180 Å². The largest absolute Gasteiger partial charge is 0.490 e. The molecule has 5 nitrogen and oxygen atoms in total. The molecule has 0 saturated heterocycles. The highest BCUT2D eigenvalue weighted by molar-refractivity contribution is 5.54. The summed E-state index contributed by atoms with van der Waals surface area (Å²) < 4.78 is 48.1. The van der Waals surface area contributed by atoms with E-state index in [1.807, 2.05) is 13.8 Å². The van der Waals surface area contributed by atoms with E-state index in [1.165, 1.54) is 11.6 Å². The van der Waals surface area contributed by atoms with Gasteiger partial charge >= 0.3 is 0 Å². The molecule has 1 aliphatic carbocycles. The van der Waals surface area contributed by atoms with Crippen LogP contribution < -0.4 is 15.0 Å². The smallest absolute Gasteiger partial charge is 0.266 e. The van der Waals surface area contributed by atoms with E-state index in [0.29, 0.717) is 36.0 Å². The second-order valence-corrected chi connectivity index (χ2v) is 8.91. The zero-order valence-electron chi connectivity index (χ0n) is 17.8. The predicted octanol–water partition coefficient (Wildman–Crippen LogP) is 4.43. The van der Waals surface area contributed by atoms with Crippen molar-refractivity contribution in [2.75, 3.05) is 18.0 Å². The van der Waals surface area contributed by atoms with E-state index in [4.69, 9.17) is 4.74 Å². The Hall–Kier alpha value is -2.35. The highest BCUT2D eigenvalue weighted by Gasteiger charge is 2.36. The molecule has 0 amide bonds. The minimum Gasteiger partial charge on any atom is -0.490 e. The molecule has 0 bridgehead atoms. The summed E-state index contributed by atoms with van der Waals surface area (Å²) in [6.45, 7) is 5.78. The monoisotopic (exact) mass is 432 g/mol. The average Bonchev–Trinajstić information content (AvgIpc) is 3.37. The number of anilines is 1. The van der Waals surface area contributed by atoms with Gasteiger partial charge in [-0.3, -0.25) is 0 Å². The standard InChI is InChI=1S/C23H27F3N4O/c1-12-9-27-10-18-19(8-17(22(25)26)21(24)20(12)18)31-15-4-3-14(7-15)30-6-5-16-13(2)28-11-29-23(16)30/h8,11-12,14-15,22,27H,3-7,9-10H2,1-2H3. The van der Waals surface area contributed by atoms with Gasteiger partial charge in [-0.2, -0.15) is 0 Å². The molecule has 0 spiro atoms. The summed E-state index contributed by atoms with van der Waals surface area (Å²) >= 11 is 0. The molecule has 2 aliphatic heterocycles. The molecule has 31 heavy (non-hydrogen) atoms. The van der Waals surface area contributed by atoms with Crippen molar-refractivity contribution in [1.29, 1.82) is 0 Å². The van der Waals surface area contributed by atoms with Crippen molar-refractivity contribution in [3.05, 3.63) is 46.2 Å². The number of ether oxygens (including phenoxy) is 1. The lowest BCUT2D eigenvalue weighted by molar-refractivity contribution is 0.143. The number of hydrogen-bond acceptors (Lipinski definition) is 5. The Balaban J connectivity index is 1.38. The number of nitrogens with zero attached hydrogens (tertiary/aromatic N) is 3. The number of rotatable bonds is 4. The summed E-state index contributed by atoms with van der Waals surface area (Å²) in [5.41, 5.74) is 2.73. The molecule has 1 aromatic carbocycles. The van der Waals surface area contributed by atoms with E-state index < -0.39 is 17.8 Å². The summed E-state index contributed by atoms with van der Waals surface area (Å²) in [7, 11) is 0. The number of benzene rings is 1. The van der Waals surface area contributed by atoms with Crippen LogP contribution in [0.25, 0.3) is 0 Å². The van der Waals surface area contributed by atoms with E-state index in [2.05, 4.69) is 20.2 Å². The number of alkyl halides is 2. The first-order valence-electron chi connectivity index (χ1n) is 11.0. The first-order chi connectivity index (χ1) is 14.9. The van der Waals surface area contributed by atoms with Gasteiger partial charge in [0.2, 0.25) is 0 Å². The van der Waals surface area contributed by atoms with Gasteiger partial charge in [0.05, 0.1) is 5.56 Å². The molecular formula is C23H27F3N4O. The molecule has 5 rings (SSSR count). The van der Waals surface area contributed by atoms with Crippen molar-refractivity contribution < 1.29 is 17.9 Å². The number of aryl methyl sites for hydroxylation is 1. The van der Waals surface area contributed by atoms with Crippen molar-refractivity contribution in [3.63, 3.8) is 0 Å². The minimum atomic E-state index is -2.87. The van der Waals surface area contributed by atoms with Crippen LogP contribution in [0.1, 0.15) is 66.5 Å². The van der Waals surface area contributed by atoms with Crippen LogP contribution >= 0.6 is 0 Å². The molecule has 1 aromatic heterocycles. The van der Waals surface area contributed by atoms with Crippen LogP contribution in [0, 0.1) is 12.7 Å². The summed E-state index contributed by atoms with van der Waals surface area (Å²) in [5, 5.41) is 3.25. The Morgan fingerprint density at radius 1 is 1.23 bits per heavy atom. The maximum absolute atomic E-state index is 14.8. The lowest BCUT2D eigenvalue weighted by Gasteiger charge is -2.29. The topological polar surface area (TPSA) is 50.3 Å². The molecule has 2 aromatic rings. The lowest BCUT2D eigenvalue weighted by Crippen LogP contribution is -2.33. The lowest BCUT2D eigenvalue weighted by atomic mass is 9.89. The Bertz CT molecular complexity index is 999. The molecule has 1 N–H and O–H groups in total. The number of nitrogens with one attached hydrogen (secondary N) is 1. The maximum atomic E-state index is 14.8. The van der Waals surface area contributed by atoms with Gasteiger partial charge in [-0.25, -0.2) is 23.1 Å². The molecule has 8 heteroatoms. The SMILES string of the molecule is Cc1ncnc2c1CCN2C1CCC(Oc2cc(C(F)F)c(F)c3c2CNCC3C)C1. The van der Waals surface area contributed by atoms with Crippen molar-refractivity contribution in [3.8, 4) is 5.75 Å². The summed E-state index contributed by atoms with van der Waals surface area (Å²) in [4.78, 5) is 11.1. The maximum Gasteiger partial charge on any atom is 0.266 e. The molecule has 3 unspecified atom stereocenters. The first kappa shape index (κ1) is 20.5. The van der Waals surface area contributed by atoms with Gasteiger partial charge in [-0.1, -0.05) is 6.92 Å². The zero-order valence-corrected chi connectivity index (χ0v) is 17.8. The van der Waals surface area contributed by atoms with Crippen LogP contribution in [0.5, 0.6) is 5.75 Å². The molecule has 3 aliphatic rings. The van der Waals surface area contributed by atoms with E-state index >= 15 is 0 Å². The van der Waals surface area contributed by atoms with Gasteiger partial charge in [0.1, 0.15) is 29.8 Å². The first-order valence-corrected chi connectivity index (χ1v) is 11.0. The quantitative estimate of drug-likeness (QED) is 0.775. The fraction of sp³-hybridized carbons (Fsp3) is 0.565. The Morgan fingerprint density at radius 2 is 2.06 bits per heavy atom. The van der Waals surface area contributed by atoms with Gasteiger partial charge in [0.15, 0.2) is 0 Å². The Morgan fingerprint density at radius 3 is 2.87 bits per heavy atom. The van der Waals surface area contributed by atoms with Gasteiger partial charge in [-0.15, -0.1) is 0 Å². The van der Waals surface area contributed by atoms with Gasteiger partial charge in [-0.05, 0) is 38.2 Å². The second kappa shape index (κ2) is 7.97. The summed E-state index contributed by atoms with van der Waals surface area (Å²) in [5.74, 6) is 0.455. The number of aromatic nitrogens is 2. The number of hydrogen-bond donors (Lipinski definition) is 1. The van der Waals surface area contributed by atoms with Crippen LogP contribution in [0.4, 0.5) is 19.0 Å². The summed E-state index contributed by atoms with van der Waals surface area (Å²) in [6.07, 6.45) is 2.18. The van der Waals surface area contributed by atoms with Gasteiger partial charge in [0.25, 0.3) is 6.43 Å². The highest BCUT2D eigenvalue weighted by atomic mass is 19.3. The fourth-order valence-corrected chi connectivity index (χ4v) is 5.40. The van der Waals surface area contributed by atoms with Crippen molar-refractivity contribution >= 4 is 5.82 Å². The van der Waals surface area contributed by atoms with Crippen LogP contribution in [-0.4, -0.2) is 35.2 Å². The molecule has 0 radical (unpaired) electrons. The predicted molar refractivity (Wildman–Crippen MR) is 111 cm³/mol. The Kier molecular flexibility index (Phi) is 5.28. The third-order valence-corrected chi connectivity index (χ3v) is 6.98. The highest BCUT2D eigenvalue weighted by Crippen LogP contribution is 2.41. The van der Waals surface area contributed by atoms with E-state index in [1.54, 1.807) is 6.33 Å². The van der Waals surface area contributed by atoms with E-state index in [-0.39, 0.29) is 12.0 Å². The molecule has 3 atom stereocenters. The minimum absolute atomic E-state index is 0.0886. The van der Waals surface area contributed by atoms with Crippen molar-refractivity contribution in [2.45, 2.75) is 70.6 Å². The van der Waals surface area contributed by atoms with E-state index in [0.717, 1.165) is 43.7 Å². The normalized spacial score (nSPS) is 25.1. The molecular weight excluding hydrogens is 405 g/mol. The summed E-state index contributed by atoms with van der Waals surface area (Å²) in [6, 6.07) is 1.51. The van der Waals surface area contributed by atoms with Crippen LogP contribution in [-0.2, 0) is 13.0 Å². The third kappa shape index (κ3) is 3.54. The molecule has 1 fully saturated rings. The van der Waals surface area contributed by atoms with Crippen molar-refractivity contribution in [2.24, 2.45) is 0 Å². The van der Waals surface area contributed by atoms with Crippen molar-refractivity contribution in [1.82, 2.24) is 15.3 Å². The number of halogens is 3. The average molecular weight is 432 g/mol. The molecule has 1 saturated carbocycles. The van der Waals surface area contributed by atoms with E-state index in [9.17, 15) is 13.2 Å². The van der Waals surface area contributed by atoms with Crippen LogP contribution in [0.3, 0.4) is 0 Å².